The molecule has 49 heavy (non-hydrogen) atoms. The second kappa shape index (κ2) is 15.1. The molecule has 0 aromatic carbocycles. The molecule has 2 aliphatic carbocycles. The summed E-state index contributed by atoms with van der Waals surface area (Å²) in [5.74, 6) is 0.271. The number of aryl methyl sites for hydroxylation is 1. The number of aromatic nitrogens is 3. The molecule has 264 valence electrons. The lowest BCUT2D eigenvalue weighted by Crippen LogP contribution is -2.42. The van der Waals surface area contributed by atoms with Crippen molar-refractivity contribution in [2.75, 3.05) is 5.32 Å². The standard InChI is InChI=1S/C37H47F2N5O5/c1-22-18-29(43-32(19-22)44-31-20-24(33(38)39)16-17-40-31)25-8-15-30(41-21-25)37(5,47)26-9-6-23(7-10-26)34(45)48-28-13-11-27(12-14-28)42-35(46)49-36(2,3)4/h8,15-21,23,26-28,33,47H,6-7,9-14H2,1-5H3,(H,42,46)(H,40,43,44)/t23?,26?,27?,28?,37-/m1/s1. The third kappa shape index (κ3) is 9.71. The Morgan fingerprint density at radius 2 is 1.63 bits per heavy atom. The first-order valence-electron chi connectivity index (χ1n) is 17.1. The van der Waals surface area contributed by atoms with Gasteiger partial charge in [0.25, 0.3) is 6.43 Å². The molecule has 1 atom stereocenters. The van der Waals surface area contributed by atoms with E-state index in [1.165, 1.54) is 18.3 Å². The first-order chi connectivity index (χ1) is 23.2. The number of alkyl halides is 2. The fraction of sp³-hybridized carbons (Fsp3) is 0.541. The highest BCUT2D eigenvalue weighted by molar-refractivity contribution is 5.73. The van der Waals surface area contributed by atoms with Gasteiger partial charge in [-0.1, -0.05) is 0 Å². The molecule has 0 aliphatic heterocycles. The molecular formula is C37H47F2N5O5. The van der Waals surface area contributed by atoms with Crippen molar-refractivity contribution in [3.63, 3.8) is 0 Å². The largest absolute Gasteiger partial charge is 0.462 e. The number of alkyl carbamates (subject to hydrolysis) is 1. The molecule has 2 saturated carbocycles. The SMILES string of the molecule is Cc1cc(Nc2cc(C(F)F)ccn2)nc(-c2ccc([C@](C)(O)C3CCC(C(=O)OC4CCC(NC(=O)OC(C)(C)C)CC4)CC3)nc2)c1. The Kier molecular flexibility index (Phi) is 11.2. The monoisotopic (exact) mass is 679 g/mol. The zero-order valence-electron chi connectivity index (χ0n) is 28.8. The van der Waals surface area contributed by atoms with Crippen LogP contribution in [0.4, 0.5) is 25.2 Å². The minimum atomic E-state index is -2.60. The van der Waals surface area contributed by atoms with Crippen LogP contribution in [0, 0.1) is 18.8 Å². The van der Waals surface area contributed by atoms with Crippen LogP contribution in [0.3, 0.4) is 0 Å². The van der Waals surface area contributed by atoms with E-state index in [1.807, 2.05) is 39.8 Å². The van der Waals surface area contributed by atoms with Crippen molar-refractivity contribution in [3.8, 4) is 11.3 Å². The number of aliphatic hydroxyl groups is 1. The summed E-state index contributed by atoms with van der Waals surface area (Å²) in [5.41, 5.74) is 0.951. The molecule has 5 rings (SSSR count). The van der Waals surface area contributed by atoms with Crippen LogP contribution in [-0.4, -0.2) is 49.9 Å². The van der Waals surface area contributed by atoms with Crippen LogP contribution in [0.1, 0.15) is 102 Å². The second-order valence-corrected chi connectivity index (χ2v) is 14.5. The number of pyridine rings is 3. The van der Waals surface area contributed by atoms with E-state index in [2.05, 4.69) is 25.6 Å². The number of carbonyl (C=O) groups is 2. The molecule has 3 aromatic rings. The van der Waals surface area contributed by atoms with Gasteiger partial charge in [-0.05, 0) is 134 Å². The quantitative estimate of drug-likeness (QED) is 0.193. The highest BCUT2D eigenvalue weighted by Gasteiger charge is 2.40. The predicted octanol–water partition coefficient (Wildman–Crippen LogP) is 7.92. The maximum absolute atomic E-state index is 13.1. The van der Waals surface area contributed by atoms with Crippen molar-refractivity contribution in [2.24, 2.45) is 11.8 Å². The highest BCUT2D eigenvalue weighted by Crippen LogP contribution is 2.41. The topological polar surface area (TPSA) is 136 Å². The van der Waals surface area contributed by atoms with Gasteiger partial charge in [-0.2, -0.15) is 0 Å². The minimum absolute atomic E-state index is 0.00985. The van der Waals surface area contributed by atoms with Gasteiger partial charge < -0.3 is 25.2 Å². The van der Waals surface area contributed by atoms with Gasteiger partial charge in [-0.25, -0.2) is 23.5 Å². The van der Waals surface area contributed by atoms with Crippen LogP contribution in [0.25, 0.3) is 11.3 Å². The number of hydrogen-bond donors (Lipinski definition) is 3. The Hall–Kier alpha value is -4.19. The molecule has 12 heteroatoms. The fourth-order valence-corrected chi connectivity index (χ4v) is 6.67. The molecule has 3 aromatic heterocycles. The molecule has 0 radical (unpaired) electrons. The number of nitrogens with zero attached hydrogens (tertiary/aromatic N) is 3. The van der Waals surface area contributed by atoms with Crippen molar-refractivity contribution in [1.29, 1.82) is 0 Å². The normalized spacial score (nSPS) is 22.6. The first-order valence-corrected chi connectivity index (χ1v) is 17.1. The number of anilines is 2. The van der Waals surface area contributed by atoms with Crippen molar-refractivity contribution >= 4 is 23.7 Å². The van der Waals surface area contributed by atoms with Gasteiger partial charge >= 0.3 is 12.1 Å². The van der Waals surface area contributed by atoms with Crippen LogP contribution in [0.2, 0.25) is 0 Å². The first kappa shape index (κ1) is 36.1. The molecule has 2 aliphatic rings. The Bertz CT molecular complexity index is 1600. The maximum Gasteiger partial charge on any atom is 0.407 e. The van der Waals surface area contributed by atoms with Gasteiger partial charge in [0.05, 0.1) is 17.3 Å². The van der Waals surface area contributed by atoms with Gasteiger partial charge in [0.1, 0.15) is 28.9 Å². The smallest absolute Gasteiger partial charge is 0.407 e. The highest BCUT2D eigenvalue weighted by atomic mass is 19.3. The Morgan fingerprint density at radius 3 is 2.27 bits per heavy atom. The molecule has 3 heterocycles. The van der Waals surface area contributed by atoms with Gasteiger partial charge in [0.15, 0.2) is 0 Å². The van der Waals surface area contributed by atoms with Crippen molar-refractivity contribution in [2.45, 2.75) is 116 Å². The molecule has 3 N–H and O–H groups in total. The summed E-state index contributed by atoms with van der Waals surface area (Å²) in [6, 6.07) is 9.94. The van der Waals surface area contributed by atoms with Crippen molar-refractivity contribution in [3.05, 3.63) is 65.6 Å². The molecule has 10 nitrogen and oxygen atoms in total. The molecule has 2 fully saturated rings. The molecule has 0 spiro atoms. The van der Waals surface area contributed by atoms with E-state index in [9.17, 15) is 23.5 Å². The molecule has 1 amide bonds. The molecule has 0 unspecified atom stereocenters. The lowest BCUT2D eigenvalue weighted by molar-refractivity contribution is -0.158. The van der Waals surface area contributed by atoms with Gasteiger partial charge in [0, 0.05) is 29.6 Å². The second-order valence-electron chi connectivity index (χ2n) is 14.5. The Balaban J connectivity index is 1.12. The number of carbonyl (C=O) groups excluding carboxylic acids is 2. The zero-order valence-corrected chi connectivity index (χ0v) is 28.8. The summed E-state index contributed by atoms with van der Waals surface area (Å²) in [6.45, 7) is 9.17. The van der Waals surface area contributed by atoms with E-state index < -0.39 is 23.7 Å². The number of halogens is 2. The summed E-state index contributed by atoms with van der Waals surface area (Å²) in [5, 5.41) is 17.5. The summed E-state index contributed by atoms with van der Waals surface area (Å²) in [4.78, 5) is 38.5. The van der Waals surface area contributed by atoms with Crippen LogP contribution in [0.15, 0.2) is 48.8 Å². The number of nitrogens with one attached hydrogen (secondary N) is 2. The van der Waals surface area contributed by atoms with E-state index >= 15 is 0 Å². The summed E-state index contributed by atoms with van der Waals surface area (Å²) >= 11 is 0. The number of amides is 1. The maximum atomic E-state index is 13.1. The number of esters is 1. The number of ether oxygens (including phenoxy) is 2. The minimum Gasteiger partial charge on any atom is -0.462 e. The molecule has 0 bridgehead atoms. The Morgan fingerprint density at radius 1 is 0.918 bits per heavy atom. The van der Waals surface area contributed by atoms with E-state index in [4.69, 9.17) is 9.47 Å². The van der Waals surface area contributed by atoms with E-state index in [0.29, 0.717) is 55.7 Å². The van der Waals surface area contributed by atoms with E-state index in [-0.39, 0.29) is 41.3 Å². The molecular weight excluding hydrogens is 632 g/mol. The van der Waals surface area contributed by atoms with Crippen LogP contribution in [-0.2, 0) is 19.9 Å². The number of hydrogen-bond acceptors (Lipinski definition) is 9. The average molecular weight is 680 g/mol. The van der Waals surface area contributed by atoms with Crippen LogP contribution in [0.5, 0.6) is 0 Å². The van der Waals surface area contributed by atoms with Gasteiger partial charge in [-0.3, -0.25) is 9.78 Å². The van der Waals surface area contributed by atoms with E-state index in [0.717, 1.165) is 24.0 Å². The third-order valence-corrected chi connectivity index (χ3v) is 9.37. The van der Waals surface area contributed by atoms with Crippen LogP contribution >= 0.6 is 0 Å². The summed E-state index contributed by atoms with van der Waals surface area (Å²) < 4.78 is 37.5. The zero-order chi connectivity index (χ0) is 35.3. The third-order valence-electron chi connectivity index (χ3n) is 9.37. The van der Waals surface area contributed by atoms with Gasteiger partial charge in [0.2, 0.25) is 0 Å². The van der Waals surface area contributed by atoms with Crippen LogP contribution < -0.4 is 10.6 Å². The summed E-state index contributed by atoms with van der Waals surface area (Å²) in [6.07, 6.45) is 5.26. The van der Waals surface area contributed by atoms with Crippen molar-refractivity contribution < 1.29 is 33.0 Å². The lowest BCUT2D eigenvalue weighted by Gasteiger charge is -2.37. The fourth-order valence-electron chi connectivity index (χ4n) is 6.67. The van der Waals surface area contributed by atoms with E-state index in [1.54, 1.807) is 25.3 Å². The molecule has 0 saturated heterocycles. The average Bonchev–Trinajstić information content (AvgIpc) is 3.04. The summed E-state index contributed by atoms with van der Waals surface area (Å²) in [7, 11) is 0. The number of rotatable bonds is 9. The lowest BCUT2D eigenvalue weighted by atomic mass is 9.73. The van der Waals surface area contributed by atoms with Crippen molar-refractivity contribution in [1.82, 2.24) is 20.3 Å². The van der Waals surface area contributed by atoms with Gasteiger partial charge in [-0.15, -0.1) is 0 Å². The Labute approximate surface area is 286 Å². The predicted molar refractivity (Wildman–Crippen MR) is 181 cm³/mol.